The summed E-state index contributed by atoms with van der Waals surface area (Å²) in [6.07, 6.45) is 1.34. The predicted octanol–water partition coefficient (Wildman–Crippen LogP) is 5.34. The summed E-state index contributed by atoms with van der Waals surface area (Å²) >= 11 is 6.53. The summed E-state index contributed by atoms with van der Waals surface area (Å²) in [5.41, 5.74) is 1.15. The molecule has 0 saturated carbocycles. The number of hydrogen-bond acceptors (Lipinski definition) is 5. The number of aliphatic hydroxyl groups is 1. The van der Waals surface area contributed by atoms with E-state index >= 15 is 0 Å². The molecule has 0 unspecified atom stereocenters. The Morgan fingerprint density at radius 2 is 2.10 bits per heavy atom. The zero-order valence-corrected chi connectivity index (χ0v) is 15.5. The fraction of sp³-hybridized carbons (Fsp3) is 0.400. The fourth-order valence-electron chi connectivity index (χ4n) is 1.97. The Balaban J connectivity index is 2.06. The van der Waals surface area contributed by atoms with Crippen molar-refractivity contribution in [2.24, 2.45) is 0 Å². The predicted molar refractivity (Wildman–Crippen MR) is 95.0 cm³/mol. The third kappa shape index (κ3) is 4.00. The number of benzene rings is 1. The Bertz CT molecular complexity index is 611. The van der Waals surface area contributed by atoms with Crippen LogP contribution in [-0.4, -0.2) is 10.1 Å². The quantitative estimate of drug-likeness (QED) is 0.657. The van der Waals surface area contributed by atoms with Crippen molar-refractivity contribution in [3.63, 3.8) is 0 Å². The summed E-state index contributed by atoms with van der Waals surface area (Å²) in [6, 6.07) is 6.18. The van der Waals surface area contributed by atoms with Crippen molar-refractivity contribution in [3.05, 3.63) is 39.3 Å². The molecule has 0 aliphatic heterocycles. The van der Waals surface area contributed by atoms with Gasteiger partial charge in [-0.3, -0.25) is 0 Å². The summed E-state index contributed by atoms with van der Waals surface area (Å²) < 4.78 is 4.34. The van der Waals surface area contributed by atoms with Crippen LogP contribution in [-0.2, 0) is 5.60 Å². The van der Waals surface area contributed by atoms with Crippen molar-refractivity contribution < 1.29 is 5.11 Å². The lowest BCUT2D eigenvalue weighted by atomic mass is 9.94. The summed E-state index contributed by atoms with van der Waals surface area (Å²) in [5, 5.41) is 13.2. The molecule has 3 nitrogen and oxygen atoms in total. The van der Waals surface area contributed by atoms with Crippen LogP contribution >= 0.6 is 39.2 Å². The number of halogens is 1. The van der Waals surface area contributed by atoms with Crippen LogP contribution in [0.1, 0.15) is 37.9 Å². The maximum Gasteiger partial charge on any atom is 0.193 e. The van der Waals surface area contributed by atoms with E-state index in [1.165, 1.54) is 16.9 Å². The number of nitrogens with one attached hydrogen (secondary N) is 1. The normalized spacial score (nSPS) is 11.7. The Hall–Kier alpha value is -0.560. The number of thiazole rings is 1. The molecule has 0 fully saturated rings. The Morgan fingerprint density at radius 3 is 2.71 bits per heavy atom. The van der Waals surface area contributed by atoms with Gasteiger partial charge < -0.3 is 9.83 Å². The highest BCUT2D eigenvalue weighted by Gasteiger charge is 2.27. The van der Waals surface area contributed by atoms with Crippen LogP contribution in [0, 0.1) is 6.92 Å². The minimum Gasteiger partial charge on any atom is -0.384 e. The van der Waals surface area contributed by atoms with Gasteiger partial charge in [-0.15, -0.1) is 11.3 Å². The van der Waals surface area contributed by atoms with E-state index in [9.17, 15) is 5.11 Å². The van der Waals surface area contributed by atoms with Crippen LogP contribution in [0.2, 0.25) is 0 Å². The molecule has 0 aliphatic carbocycles. The summed E-state index contributed by atoms with van der Waals surface area (Å²) in [7, 11) is 0. The molecule has 0 bridgehead atoms. The monoisotopic (exact) mass is 386 g/mol. The average molecular weight is 387 g/mol. The van der Waals surface area contributed by atoms with E-state index in [1.807, 2.05) is 25.3 Å². The van der Waals surface area contributed by atoms with Crippen molar-refractivity contribution in [1.82, 2.24) is 4.98 Å². The summed E-state index contributed by atoms with van der Waals surface area (Å²) in [6.45, 7) is 6.04. The number of aryl methyl sites for hydroxylation is 1. The van der Waals surface area contributed by atoms with Gasteiger partial charge in [0, 0.05) is 14.7 Å². The summed E-state index contributed by atoms with van der Waals surface area (Å²) in [4.78, 5) is 5.68. The van der Waals surface area contributed by atoms with Crippen LogP contribution in [0.25, 0.3) is 0 Å². The molecule has 0 aliphatic rings. The van der Waals surface area contributed by atoms with E-state index in [4.69, 9.17) is 0 Å². The van der Waals surface area contributed by atoms with Gasteiger partial charge in [0.1, 0.15) is 5.60 Å². The highest BCUT2D eigenvalue weighted by Crippen LogP contribution is 2.33. The van der Waals surface area contributed by atoms with Gasteiger partial charge in [0.2, 0.25) is 0 Å². The second kappa shape index (κ2) is 7.13. The van der Waals surface area contributed by atoms with Crippen LogP contribution in [0.3, 0.4) is 0 Å². The minimum atomic E-state index is -0.811. The zero-order valence-electron chi connectivity index (χ0n) is 12.3. The topological polar surface area (TPSA) is 45.1 Å². The molecule has 1 aromatic carbocycles. The molecule has 2 N–H and O–H groups in total. The molecule has 2 aromatic rings. The maximum absolute atomic E-state index is 10.5. The molecule has 0 radical (unpaired) electrons. The SMILES string of the molecule is CCC(O)(CC)c1csc(NSc2ccc(Br)cc2C)n1. The molecule has 1 aromatic heterocycles. The van der Waals surface area contributed by atoms with Crippen molar-refractivity contribution in [3.8, 4) is 0 Å². The van der Waals surface area contributed by atoms with Gasteiger partial charge in [-0.25, -0.2) is 4.98 Å². The molecule has 0 atom stereocenters. The Morgan fingerprint density at radius 1 is 1.38 bits per heavy atom. The smallest absolute Gasteiger partial charge is 0.193 e. The first-order chi connectivity index (χ1) is 9.98. The zero-order chi connectivity index (χ0) is 15.5. The van der Waals surface area contributed by atoms with Crippen LogP contribution in [0.4, 0.5) is 5.13 Å². The van der Waals surface area contributed by atoms with E-state index in [1.54, 1.807) is 11.9 Å². The number of nitrogens with zero attached hydrogens (tertiary/aromatic N) is 1. The van der Waals surface area contributed by atoms with Crippen molar-refractivity contribution >= 4 is 44.3 Å². The van der Waals surface area contributed by atoms with E-state index in [0.717, 1.165) is 20.2 Å². The van der Waals surface area contributed by atoms with Crippen LogP contribution < -0.4 is 4.72 Å². The molecule has 21 heavy (non-hydrogen) atoms. The molecule has 0 amide bonds. The molecular weight excluding hydrogens is 368 g/mol. The number of rotatable bonds is 6. The largest absolute Gasteiger partial charge is 0.384 e. The van der Waals surface area contributed by atoms with Gasteiger partial charge in [0.05, 0.1) is 5.69 Å². The Labute approximate surface area is 142 Å². The molecule has 114 valence electrons. The highest BCUT2D eigenvalue weighted by molar-refractivity contribution is 9.10. The van der Waals surface area contributed by atoms with Crippen molar-refractivity contribution in [1.29, 1.82) is 0 Å². The van der Waals surface area contributed by atoms with Gasteiger partial charge in [-0.05, 0) is 55.5 Å². The standard InChI is InChI=1S/C15H19BrN2OS2/c1-4-15(19,5-2)13-9-20-14(17-13)18-21-12-7-6-11(16)8-10(12)3/h6-9,19H,4-5H2,1-3H3,(H,17,18). The third-order valence-corrected chi connectivity index (χ3v) is 5.89. The second-order valence-corrected chi connectivity index (χ2v) is 7.51. The van der Waals surface area contributed by atoms with Crippen LogP contribution in [0.15, 0.2) is 32.9 Å². The van der Waals surface area contributed by atoms with Crippen molar-refractivity contribution in [2.45, 2.75) is 44.1 Å². The van der Waals surface area contributed by atoms with Gasteiger partial charge in [0.25, 0.3) is 0 Å². The molecule has 0 saturated heterocycles. The van der Waals surface area contributed by atoms with Crippen molar-refractivity contribution in [2.75, 3.05) is 4.72 Å². The first-order valence-electron chi connectivity index (χ1n) is 6.86. The molecular formula is C15H19BrN2OS2. The van der Waals surface area contributed by atoms with Gasteiger partial charge in [0.15, 0.2) is 5.13 Å². The van der Waals surface area contributed by atoms with E-state index < -0.39 is 5.60 Å². The molecule has 2 rings (SSSR count). The second-order valence-electron chi connectivity index (χ2n) is 4.89. The number of aromatic nitrogens is 1. The highest BCUT2D eigenvalue weighted by atomic mass is 79.9. The number of anilines is 1. The third-order valence-electron chi connectivity index (χ3n) is 3.54. The first-order valence-corrected chi connectivity index (χ1v) is 9.35. The van der Waals surface area contributed by atoms with Gasteiger partial charge >= 0.3 is 0 Å². The number of hydrogen-bond donors (Lipinski definition) is 2. The van der Waals surface area contributed by atoms with E-state index in [2.05, 4.69) is 44.7 Å². The summed E-state index contributed by atoms with van der Waals surface area (Å²) in [5.74, 6) is 0. The minimum absolute atomic E-state index is 0.672. The lowest BCUT2D eigenvalue weighted by Crippen LogP contribution is -2.23. The average Bonchev–Trinajstić information content (AvgIpc) is 2.95. The lowest BCUT2D eigenvalue weighted by molar-refractivity contribution is 0.0247. The van der Waals surface area contributed by atoms with E-state index in [0.29, 0.717) is 12.8 Å². The fourth-order valence-corrected chi connectivity index (χ4v) is 4.01. The van der Waals surface area contributed by atoms with E-state index in [-0.39, 0.29) is 0 Å². The maximum atomic E-state index is 10.5. The molecule has 6 heteroatoms. The molecule has 0 spiro atoms. The van der Waals surface area contributed by atoms with Crippen LogP contribution in [0.5, 0.6) is 0 Å². The first kappa shape index (κ1) is 16.8. The molecule has 1 heterocycles. The Kier molecular flexibility index (Phi) is 5.71. The van der Waals surface area contributed by atoms with Gasteiger partial charge in [-0.2, -0.15) is 0 Å². The lowest BCUT2D eigenvalue weighted by Gasteiger charge is -2.22. The van der Waals surface area contributed by atoms with Gasteiger partial charge in [-0.1, -0.05) is 29.8 Å².